The molecule has 0 spiro atoms. The molecule has 1 aromatic heterocycles. The number of anilines is 1. The second-order valence-electron chi connectivity index (χ2n) is 4.51. The summed E-state index contributed by atoms with van der Waals surface area (Å²) in [5.41, 5.74) is 3.58. The van der Waals surface area contributed by atoms with Crippen molar-refractivity contribution in [3.05, 3.63) is 18.1 Å². The van der Waals surface area contributed by atoms with Crippen molar-refractivity contribution in [2.24, 2.45) is 0 Å². The Balaban J connectivity index is 2.17. The molecule has 1 N–H and O–H groups in total. The van der Waals surface area contributed by atoms with Crippen LogP contribution in [0, 0.1) is 11.3 Å². The molecule has 0 amide bonds. The van der Waals surface area contributed by atoms with Crippen LogP contribution in [0.2, 0.25) is 0 Å². The van der Waals surface area contributed by atoms with Gasteiger partial charge in [-0.15, -0.1) is 0 Å². The summed E-state index contributed by atoms with van der Waals surface area (Å²) in [5, 5.41) is 11.1. The van der Waals surface area contributed by atoms with Crippen molar-refractivity contribution in [2.75, 3.05) is 5.43 Å². The van der Waals surface area contributed by atoms with E-state index in [1.165, 1.54) is 25.5 Å². The lowest BCUT2D eigenvalue weighted by molar-refractivity contribution is 0.135. The number of piperidine rings is 1. The molecule has 0 saturated carbocycles. The predicted molar refractivity (Wildman–Crippen MR) is 65.0 cm³/mol. The van der Waals surface area contributed by atoms with Crippen molar-refractivity contribution in [3.8, 4) is 6.07 Å². The van der Waals surface area contributed by atoms with E-state index in [4.69, 9.17) is 5.26 Å². The number of hydrogen-bond acceptors (Lipinski definition) is 5. The third-order valence-electron chi connectivity index (χ3n) is 3.23. The van der Waals surface area contributed by atoms with Crippen molar-refractivity contribution in [3.63, 3.8) is 0 Å². The van der Waals surface area contributed by atoms with E-state index in [2.05, 4.69) is 40.3 Å². The third-order valence-corrected chi connectivity index (χ3v) is 3.23. The Morgan fingerprint density at radius 3 is 2.59 bits per heavy atom. The fraction of sp³-hybridized carbons (Fsp3) is 0.583. The zero-order valence-electron chi connectivity index (χ0n) is 10.2. The van der Waals surface area contributed by atoms with Crippen molar-refractivity contribution < 1.29 is 0 Å². The van der Waals surface area contributed by atoms with Crippen LogP contribution >= 0.6 is 0 Å². The second kappa shape index (κ2) is 5.11. The molecule has 0 aromatic carbocycles. The van der Waals surface area contributed by atoms with Gasteiger partial charge in [0.25, 0.3) is 0 Å². The predicted octanol–water partition coefficient (Wildman–Crippen LogP) is 1.94. The SMILES string of the molecule is CC1CCCC(C)N1Nc1nccnc1C#N. The van der Waals surface area contributed by atoms with Crippen LogP contribution in [0.15, 0.2) is 12.4 Å². The topological polar surface area (TPSA) is 64.8 Å². The van der Waals surface area contributed by atoms with E-state index >= 15 is 0 Å². The molecule has 0 radical (unpaired) electrons. The zero-order chi connectivity index (χ0) is 12.3. The molecule has 5 heteroatoms. The summed E-state index contributed by atoms with van der Waals surface area (Å²) in [7, 11) is 0. The Morgan fingerprint density at radius 1 is 1.29 bits per heavy atom. The van der Waals surface area contributed by atoms with Crippen LogP contribution in [-0.4, -0.2) is 27.1 Å². The maximum absolute atomic E-state index is 8.97. The van der Waals surface area contributed by atoms with E-state index in [9.17, 15) is 0 Å². The summed E-state index contributed by atoms with van der Waals surface area (Å²) in [5.74, 6) is 0.551. The smallest absolute Gasteiger partial charge is 0.184 e. The first-order chi connectivity index (χ1) is 8.22. The number of rotatable bonds is 2. The third kappa shape index (κ3) is 2.53. The summed E-state index contributed by atoms with van der Waals surface area (Å²) >= 11 is 0. The lowest BCUT2D eigenvalue weighted by Crippen LogP contribution is -2.47. The highest BCUT2D eigenvalue weighted by Crippen LogP contribution is 2.23. The van der Waals surface area contributed by atoms with Crippen LogP contribution in [0.4, 0.5) is 5.82 Å². The molecule has 2 rings (SSSR count). The van der Waals surface area contributed by atoms with E-state index in [-0.39, 0.29) is 0 Å². The first kappa shape index (κ1) is 11.8. The number of hydrazine groups is 1. The Hall–Kier alpha value is -1.67. The van der Waals surface area contributed by atoms with Crippen LogP contribution in [0.5, 0.6) is 0 Å². The number of nitrogens with zero attached hydrogens (tertiary/aromatic N) is 4. The van der Waals surface area contributed by atoms with Crippen LogP contribution < -0.4 is 5.43 Å². The Bertz CT molecular complexity index is 415. The van der Waals surface area contributed by atoms with Gasteiger partial charge in [-0.2, -0.15) is 5.26 Å². The highest BCUT2D eigenvalue weighted by molar-refractivity contribution is 5.46. The number of nitriles is 1. The van der Waals surface area contributed by atoms with Gasteiger partial charge in [-0.1, -0.05) is 6.42 Å². The van der Waals surface area contributed by atoms with Gasteiger partial charge in [0, 0.05) is 24.5 Å². The van der Waals surface area contributed by atoms with Crippen LogP contribution in [0.1, 0.15) is 38.8 Å². The maximum Gasteiger partial charge on any atom is 0.184 e. The van der Waals surface area contributed by atoms with Gasteiger partial charge in [-0.25, -0.2) is 15.0 Å². The fourth-order valence-corrected chi connectivity index (χ4v) is 2.27. The molecule has 1 saturated heterocycles. The quantitative estimate of drug-likeness (QED) is 0.842. The molecule has 5 nitrogen and oxygen atoms in total. The monoisotopic (exact) mass is 231 g/mol. The standard InChI is InChI=1S/C12H17N5/c1-9-4-3-5-10(2)17(9)16-12-11(8-13)14-6-7-15-12/h6-7,9-10H,3-5H2,1-2H3,(H,15,16). The van der Waals surface area contributed by atoms with E-state index in [0.717, 1.165) is 0 Å². The summed E-state index contributed by atoms with van der Waals surface area (Å²) in [6, 6.07) is 2.95. The molecule has 2 atom stereocenters. The highest BCUT2D eigenvalue weighted by Gasteiger charge is 2.25. The number of nitrogens with one attached hydrogen (secondary N) is 1. The van der Waals surface area contributed by atoms with Crippen LogP contribution in [-0.2, 0) is 0 Å². The second-order valence-corrected chi connectivity index (χ2v) is 4.51. The van der Waals surface area contributed by atoms with Gasteiger partial charge in [-0.3, -0.25) is 0 Å². The minimum Gasteiger partial charge on any atom is -0.300 e. The zero-order valence-corrected chi connectivity index (χ0v) is 10.2. The van der Waals surface area contributed by atoms with Gasteiger partial charge >= 0.3 is 0 Å². The Kier molecular flexibility index (Phi) is 3.55. The number of hydrogen-bond donors (Lipinski definition) is 1. The Labute approximate surface area is 101 Å². The fourth-order valence-electron chi connectivity index (χ4n) is 2.27. The van der Waals surface area contributed by atoms with Crippen molar-refractivity contribution >= 4 is 5.82 Å². The summed E-state index contributed by atoms with van der Waals surface area (Å²) in [6.45, 7) is 4.37. The molecular weight excluding hydrogens is 214 g/mol. The first-order valence-corrected chi connectivity index (χ1v) is 5.98. The van der Waals surface area contributed by atoms with Crippen molar-refractivity contribution in [1.82, 2.24) is 15.0 Å². The molecule has 1 aliphatic rings. The van der Waals surface area contributed by atoms with E-state index in [0.29, 0.717) is 23.6 Å². The molecule has 0 bridgehead atoms. The van der Waals surface area contributed by atoms with Gasteiger partial charge in [0.05, 0.1) is 0 Å². The van der Waals surface area contributed by atoms with Crippen LogP contribution in [0.3, 0.4) is 0 Å². The van der Waals surface area contributed by atoms with Crippen molar-refractivity contribution in [1.29, 1.82) is 5.26 Å². The molecule has 0 aliphatic carbocycles. The summed E-state index contributed by atoms with van der Waals surface area (Å²) < 4.78 is 0. The lowest BCUT2D eigenvalue weighted by atomic mass is 10.00. The van der Waals surface area contributed by atoms with Crippen molar-refractivity contribution in [2.45, 2.75) is 45.2 Å². The first-order valence-electron chi connectivity index (χ1n) is 5.98. The summed E-state index contributed by atoms with van der Waals surface area (Å²) in [6.07, 6.45) is 6.72. The van der Waals surface area contributed by atoms with Gasteiger partial charge in [-0.05, 0) is 26.7 Å². The number of aromatic nitrogens is 2. The molecule has 2 unspecified atom stereocenters. The maximum atomic E-state index is 8.97. The average Bonchev–Trinajstić information content (AvgIpc) is 2.34. The highest BCUT2D eigenvalue weighted by atomic mass is 15.5. The minimum atomic E-state index is 0.345. The molecule has 1 fully saturated rings. The van der Waals surface area contributed by atoms with Gasteiger partial charge in [0.15, 0.2) is 11.5 Å². The molecular formula is C12H17N5. The van der Waals surface area contributed by atoms with Gasteiger partial charge in [0.1, 0.15) is 6.07 Å². The van der Waals surface area contributed by atoms with Gasteiger partial charge in [0.2, 0.25) is 0 Å². The Morgan fingerprint density at radius 2 is 1.94 bits per heavy atom. The molecule has 1 aromatic rings. The van der Waals surface area contributed by atoms with E-state index in [1.807, 2.05) is 0 Å². The average molecular weight is 231 g/mol. The summed E-state index contributed by atoms with van der Waals surface area (Å²) in [4.78, 5) is 8.17. The molecule has 17 heavy (non-hydrogen) atoms. The van der Waals surface area contributed by atoms with Crippen LogP contribution in [0.25, 0.3) is 0 Å². The lowest BCUT2D eigenvalue weighted by Gasteiger charge is -2.39. The molecule has 90 valence electrons. The minimum absolute atomic E-state index is 0.345. The van der Waals surface area contributed by atoms with E-state index < -0.39 is 0 Å². The van der Waals surface area contributed by atoms with Gasteiger partial charge < -0.3 is 5.43 Å². The molecule has 2 heterocycles. The largest absolute Gasteiger partial charge is 0.300 e. The van der Waals surface area contributed by atoms with E-state index in [1.54, 1.807) is 6.20 Å². The molecule has 1 aliphatic heterocycles. The normalized spacial score (nSPS) is 25.2.